The van der Waals surface area contributed by atoms with Gasteiger partial charge in [-0.1, -0.05) is 83.6 Å². The van der Waals surface area contributed by atoms with Crippen molar-refractivity contribution in [3.05, 3.63) is 64.7 Å². The number of hydrogen-bond donors (Lipinski definition) is 0. The SMILES string of the molecule is Cc1cc(C)c([P@](C)[C@H](c2ccccc2)C(C)(C)C2=N[C@@H](C(C)C)CO2)c(C)c1. The average Bonchev–Trinajstić information content (AvgIpc) is 3.13. The Balaban J connectivity index is 2.10. The number of ether oxygens (including phenoxy) is 1. The van der Waals surface area contributed by atoms with Crippen LogP contribution in [0, 0.1) is 32.1 Å². The number of nitrogens with zero attached hydrogens (tertiary/aromatic N) is 1. The van der Waals surface area contributed by atoms with Crippen LogP contribution >= 0.6 is 7.92 Å². The molecule has 0 saturated carbocycles. The molecule has 0 fully saturated rings. The Labute approximate surface area is 178 Å². The van der Waals surface area contributed by atoms with Gasteiger partial charge in [0.15, 0.2) is 5.90 Å². The first kappa shape index (κ1) is 22.0. The molecule has 2 aromatic rings. The summed E-state index contributed by atoms with van der Waals surface area (Å²) in [6.45, 7) is 19.0. The number of aliphatic imine (C=N–C) groups is 1. The van der Waals surface area contributed by atoms with Crippen LogP contribution in [0.25, 0.3) is 0 Å². The second-order valence-electron chi connectivity index (χ2n) is 9.45. The second kappa shape index (κ2) is 8.60. The van der Waals surface area contributed by atoms with Crippen LogP contribution in [0.4, 0.5) is 0 Å². The fourth-order valence-corrected chi connectivity index (χ4v) is 8.02. The molecule has 2 aromatic carbocycles. The molecule has 0 saturated heterocycles. The zero-order valence-corrected chi connectivity index (χ0v) is 20.2. The van der Waals surface area contributed by atoms with E-state index in [0.717, 1.165) is 5.90 Å². The topological polar surface area (TPSA) is 21.6 Å². The summed E-state index contributed by atoms with van der Waals surface area (Å²) in [5.74, 6) is 1.44. The molecule has 3 atom stereocenters. The van der Waals surface area contributed by atoms with Crippen molar-refractivity contribution in [2.75, 3.05) is 13.3 Å². The number of aryl methyl sites for hydroxylation is 3. The van der Waals surface area contributed by atoms with E-state index in [-0.39, 0.29) is 11.5 Å². The van der Waals surface area contributed by atoms with E-state index in [1.807, 2.05) is 0 Å². The highest BCUT2D eigenvalue weighted by Gasteiger charge is 2.43. The molecule has 156 valence electrons. The Morgan fingerprint density at radius 1 is 1.03 bits per heavy atom. The van der Waals surface area contributed by atoms with Gasteiger partial charge in [0.25, 0.3) is 0 Å². The van der Waals surface area contributed by atoms with Gasteiger partial charge >= 0.3 is 0 Å². The zero-order valence-electron chi connectivity index (χ0n) is 19.3. The Morgan fingerprint density at radius 3 is 2.14 bits per heavy atom. The highest BCUT2D eigenvalue weighted by atomic mass is 31.1. The van der Waals surface area contributed by atoms with Crippen molar-refractivity contribution in [1.82, 2.24) is 0 Å². The fraction of sp³-hybridized carbons (Fsp3) is 0.500. The summed E-state index contributed by atoms with van der Waals surface area (Å²) in [5.41, 5.74) is 5.69. The lowest BCUT2D eigenvalue weighted by atomic mass is 9.84. The van der Waals surface area contributed by atoms with Crippen LogP contribution in [-0.2, 0) is 4.74 Å². The Kier molecular flexibility index (Phi) is 6.54. The summed E-state index contributed by atoms with van der Waals surface area (Å²) in [5, 5.41) is 1.52. The minimum atomic E-state index is -0.464. The van der Waals surface area contributed by atoms with E-state index >= 15 is 0 Å². The van der Waals surface area contributed by atoms with Crippen LogP contribution in [0.2, 0.25) is 0 Å². The summed E-state index contributed by atoms with van der Waals surface area (Å²) in [7, 11) is -0.464. The van der Waals surface area contributed by atoms with E-state index in [2.05, 4.69) is 97.6 Å². The largest absolute Gasteiger partial charge is 0.478 e. The number of rotatable bonds is 6. The lowest BCUT2D eigenvalue weighted by Gasteiger charge is -2.39. The molecule has 0 aliphatic carbocycles. The van der Waals surface area contributed by atoms with Gasteiger partial charge in [0.2, 0.25) is 0 Å². The highest BCUT2D eigenvalue weighted by molar-refractivity contribution is 7.65. The predicted octanol–water partition coefficient (Wildman–Crippen LogP) is 6.57. The van der Waals surface area contributed by atoms with Gasteiger partial charge in [-0.2, -0.15) is 0 Å². The third kappa shape index (κ3) is 4.43. The van der Waals surface area contributed by atoms with Gasteiger partial charge in [0.1, 0.15) is 6.61 Å². The lowest BCUT2D eigenvalue weighted by molar-refractivity contribution is 0.257. The van der Waals surface area contributed by atoms with Gasteiger partial charge in [-0.05, 0) is 55.3 Å². The second-order valence-corrected chi connectivity index (χ2v) is 11.6. The maximum absolute atomic E-state index is 6.22. The average molecular weight is 410 g/mol. The zero-order chi connectivity index (χ0) is 21.3. The quantitative estimate of drug-likeness (QED) is 0.495. The Morgan fingerprint density at radius 2 is 1.62 bits per heavy atom. The van der Waals surface area contributed by atoms with Crippen molar-refractivity contribution in [2.24, 2.45) is 16.3 Å². The summed E-state index contributed by atoms with van der Waals surface area (Å²) >= 11 is 0. The molecular weight excluding hydrogens is 373 g/mol. The van der Waals surface area contributed by atoms with Gasteiger partial charge in [-0.15, -0.1) is 0 Å². The van der Waals surface area contributed by atoms with Crippen molar-refractivity contribution in [3.63, 3.8) is 0 Å². The van der Waals surface area contributed by atoms with E-state index in [0.29, 0.717) is 18.2 Å². The van der Waals surface area contributed by atoms with E-state index in [4.69, 9.17) is 9.73 Å². The van der Waals surface area contributed by atoms with Crippen LogP contribution in [0.1, 0.15) is 55.6 Å². The summed E-state index contributed by atoms with van der Waals surface area (Å²) in [6.07, 6.45) is 0. The Hall–Kier alpha value is -1.66. The molecule has 0 amide bonds. The lowest BCUT2D eigenvalue weighted by Crippen LogP contribution is -2.33. The molecule has 0 aromatic heterocycles. The van der Waals surface area contributed by atoms with Gasteiger partial charge in [0, 0.05) is 5.66 Å². The third-order valence-electron chi connectivity index (χ3n) is 6.17. The molecule has 0 N–H and O–H groups in total. The van der Waals surface area contributed by atoms with Gasteiger partial charge in [-0.25, -0.2) is 4.99 Å². The van der Waals surface area contributed by atoms with Gasteiger partial charge < -0.3 is 4.74 Å². The van der Waals surface area contributed by atoms with Crippen LogP contribution in [-0.4, -0.2) is 25.2 Å². The maximum Gasteiger partial charge on any atom is 0.190 e. The van der Waals surface area contributed by atoms with E-state index in [1.54, 1.807) is 0 Å². The molecule has 0 unspecified atom stereocenters. The third-order valence-corrected chi connectivity index (χ3v) is 9.30. The molecule has 29 heavy (non-hydrogen) atoms. The number of benzene rings is 2. The smallest absolute Gasteiger partial charge is 0.190 e. The van der Waals surface area contributed by atoms with Crippen LogP contribution in [0.3, 0.4) is 0 Å². The van der Waals surface area contributed by atoms with E-state index < -0.39 is 7.92 Å². The van der Waals surface area contributed by atoms with Crippen molar-refractivity contribution >= 4 is 19.1 Å². The van der Waals surface area contributed by atoms with Crippen LogP contribution < -0.4 is 5.30 Å². The molecule has 1 aliphatic rings. The summed E-state index contributed by atoms with van der Waals surface area (Å²) < 4.78 is 6.22. The van der Waals surface area contributed by atoms with Gasteiger partial charge in [0.05, 0.1) is 11.5 Å². The van der Waals surface area contributed by atoms with Crippen molar-refractivity contribution in [1.29, 1.82) is 0 Å². The molecule has 1 aliphatic heterocycles. The van der Waals surface area contributed by atoms with Crippen molar-refractivity contribution in [2.45, 2.75) is 60.2 Å². The van der Waals surface area contributed by atoms with E-state index in [1.165, 1.54) is 27.6 Å². The van der Waals surface area contributed by atoms with Crippen molar-refractivity contribution < 1.29 is 4.74 Å². The van der Waals surface area contributed by atoms with Crippen LogP contribution in [0.15, 0.2) is 47.5 Å². The molecule has 0 radical (unpaired) electrons. The standard InChI is InChI=1S/C26H36NOP/c1-17(2)22-16-28-25(27-22)26(6,7)24(21-12-10-9-11-13-21)29(8)23-19(4)14-18(3)15-20(23)5/h9-15,17,22,24H,16H2,1-8H3/t22-,24-,29+/m1/s1. The fourth-order valence-electron chi connectivity index (χ4n) is 4.82. The molecular formula is C26H36NOP. The Bertz CT molecular complexity index is 862. The monoisotopic (exact) mass is 409 g/mol. The number of hydrogen-bond acceptors (Lipinski definition) is 2. The molecule has 2 nitrogen and oxygen atoms in total. The first-order valence-corrected chi connectivity index (χ1v) is 12.6. The normalized spacial score (nSPS) is 19.1. The molecule has 3 rings (SSSR count). The minimum Gasteiger partial charge on any atom is -0.478 e. The molecule has 0 bridgehead atoms. The first-order valence-electron chi connectivity index (χ1n) is 10.7. The minimum absolute atomic E-state index is 0.171. The maximum atomic E-state index is 6.22. The highest BCUT2D eigenvalue weighted by Crippen LogP contribution is 2.58. The summed E-state index contributed by atoms with van der Waals surface area (Å²) in [6, 6.07) is 15.9. The first-order chi connectivity index (χ1) is 13.6. The van der Waals surface area contributed by atoms with E-state index in [9.17, 15) is 0 Å². The van der Waals surface area contributed by atoms with Crippen molar-refractivity contribution in [3.8, 4) is 0 Å². The van der Waals surface area contributed by atoms with Crippen LogP contribution in [0.5, 0.6) is 0 Å². The molecule has 3 heteroatoms. The van der Waals surface area contributed by atoms with Gasteiger partial charge in [-0.3, -0.25) is 0 Å². The summed E-state index contributed by atoms with van der Waals surface area (Å²) in [4.78, 5) is 5.05. The predicted molar refractivity (Wildman–Crippen MR) is 128 cm³/mol. The molecule has 1 heterocycles. The molecule has 0 spiro atoms.